The van der Waals surface area contributed by atoms with Gasteiger partial charge in [-0.15, -0.1) is 0 Å². The van der Waals surface area contributed by atoms with Gasteiger partial charge in [0.1, 0.15) is 0 Å². The molecule has 0 aromatic carbocycles. The fourth-order valence-corrected chi connectivity index (χ4v) is 8.34. The Balaban J connectivity index is 1.86. The predicted octanol–water partition coefficient (Wildman–Crippen LogP) is 6.79. The molecular weight excluding hydrogens is 372 g/mol. The minimum atomic E-state index is -1.91. The summed E-state index contributed by atoms with van der Waals surface area (Å²) < 4.78 is 7.28. The highest BCUT2D eigenvalue weighted by molar-refractivity contribution is 6.74. The van der Waals surface area contributed by atoms with E-state index in [2.05, 4.69) is 74.6 Å². The summed E-state index contributed by atoms with van der Waals surface area (Å²) in [5, 5.41) is 0.201. The zero-order valence-electron chi connectivity index (χ0n) is 20.3. The summed E-state index contributed by atoms with van der Waals surface area (Å²) in [4.78, 5) is 12.5. The van der Waals surface area contributed by atoms with Crippen molar-refractivity contribution in [3.05, 3.63) is 23.3 Å². The molecule has 2 saturated carbocycles. The molecule has 0 saturated heterocycles. The number of fused-ring (bicyclic) bond motifs is 5. The third-order valence-electron chi connectivity index (χ3n) is 10.0. The van der Waals surface area contributed by atoms with E-state index in [9.17, 15) is 4.79 Å². The number of carbonyl (C=O) groups excluding carboxylic acids is 1. The van der Waals surface area contributed by atoms with Crippen LogP contribution in [-0.2, 0) is 9.22 Å². The second-order valence-electron chi connectivity index (χ2n) is 13.0. The molecular formula is C26H42O2Si. The largest absolute Gasteiger partial charge is 0.413 e. The lowest BCUT2D eigenvalue weighted by Gasteiger charge is -2.52. The van der Waals surface area contributed by atoms with E-state index in [-0.39, 0.29) is 16.6 Å². The van der Waals surface area contributed by atoms with Crippen LogP contribution in [0.15, 0.2) is 23.3 Å². The quantitative estimate of drug-likeness (QED) is 0.465. The summed E-state index contributed by atoms with van der Waals surface area (Å²) in [6.07, 6.45) is 6.54. The van der Waals surface area contributed by atoms with Crippen LogP contribution in [0.1, 0.15) is 68.2 Å². The van der Waals surface area contributed by atoms with Gasteiger partial charge < -0.3 is 4.43 Å². The molecule has 0 heterocycles. The summed E-state index contributed by atoms with van der Waals surface area (Å²) in [6.45, 7) is 24.1. The van der Waals surface area contributed by atoms with Gasteiger partial charge in [0.15, 0.2) is 14.1 Å². The maximum atomic E-state index is 12.5. The molecule has 29 heavy (non-hydrogen) atoms. The molecule has 4 aliphatic rings. The van der Waals surface area contributed by atoms with Crippen molar-refractivity contribution in [3.8, 4) is 0 Å². The lowest BCUT2D eigenvalue weighted by Crippen LogP contribution is -2.53. The van der Waals surface area contributed by atoms with Gasteiger partial charge in [-0.1, -0.05) is 61.5 Å². The number of hydrogen-bond acceptors (Lipinski definition) is 2. The maximum absolute atomic E-state index is 12.5. The molecule has 4 rings (SSSR count). The fraction of sp³-hybridized carbons (Fsp3) is 0.808. The van der Waals surface area contributed by atoms with Gasteiger partial charge >= 0.3 is 0 Å². The minimum absolute atomic E-state index is 0.0325. The van der Waals surface area contributed by atoms with Gasteiger partial charge in [0.25, 0.3) is 0 Å². The first-order valence-corrected chi connectivity index (χ1v) is 14.7. The molecule has 0 amide bonds. The van der Waals surface area contributed by atoms with Gasteiger partial charge in [-0.2, -0.15) is 0 Å². The normalized spacial score (nSPS) is 43.6. The van der Waals surface area contributed by atoms with E-state index < -0.39 is 8.32 Å². The third-order valence-corrected chi connectivity index (χ3v) is 14.5. The number of ketones is 1. The number of carbonyl (C=O) groups is 1. The van der Waals surface area contributed by atoms with Crippen LogP contribution < -0.4 is 0 Å². The average Bonchev–Trinajstić information content (AvgIpc) is 2.93. The van der Waals surface area contributed by atoms with E-state index in [1.807, 2.05) is 6.08 Å². The number of rotatable bonds is 2. The Labute approximate surface area is 179 Å². The molecule has 0 aromatic rings. The molecule has 7 atom stereocenters. The summed E-state index contributed by atoms with van der Waals surface area (Å²) in [7, 11) is -1.91. The van der Waals surface area contributed by atoms with Crippen molar-refractivity contribution in [2.24, 2.45) is 40.4 Å². The first kappa shape index (κ1) is 21.6. The van der Waals surface area contributed by atoms with Crippen LogP contribution >= 0.6 is 0 Å². The van der Waals surface area contributed by atoms with Crippen molar-refractivity contribution < 1.29 is 9.22 Å². The molecule has 0 unspecified atom stereocenters. The van der Waals surface area contributed by atoms with Crippen molar-refractivity contribution >= 4 is 14.1 Å². The minimum Gasteiger partial charge on any atom is -0.413 e. The van der Waals surface area contributed by atoms with E-state index in [1.165, 1.54) is 17.6 Å². The third kappa shape index (κ3) is 2.93. The fourth-order valence-electron chi connectivity index (χ4n) is 6.94. The first-order chi connectivity index (χ1) is 13.1. The topological polar surface area (TPSA) is 26.3 Å². The summed E-state index contributed by atoms with van der Waals surface area (Å²) in [5.41, 5.74) is 3.08. The Morgan fingerprint density at radius 1 is 1.10 bits per heavy atom. The molecule has 3 heteroatoms. The van der Waals surface area contributed by atoms with E-state index >= 15 is 0 Å². The van der Waals surface area contributed by atoms with Gasteiger partial charge in [-0.3, -0.25) is 4.79 Å². The van der Waals surface area contributed by atoms with Crippen LogP contribution in [0.2, 0.25) is 18.1 Å². The predicted molar refractivity (Wildman–Crippen MR) is 123 cm³/mol. The highest BCUT2D eigenvalue weighted by atomic mass is 28.4. The second-order valence-corrected chi connectivity index (χ2v) is 17.8. The van der Waals surface area contributed by atoms with Crippen LogP contribution in [0.25, 0.3) is 0 Å². The second kappa shape index (κ2) is 6.19. The Hall–Kier alpha value is -0.673. The molecule has 0 radical (unpaired) electrons. The van der Waals surface area contributed by atoms with E-state index in [4.69, 9.17) is 4.43 Å². The molecule has 0 aromatic heterocycles. The molecule has 162 valence electrons. The highest BCUT2D eigenvalue weighted by Gasteiger charge is 2.71. The first-order valence-electron chi connectivity index (χ1n) is 11.8. The Morgan fingerprint density at radius 2 is 1.72 bits per heavy atom. The standard InChI is InChI=1S/C26H42O2Si/c1-15-11-17-13-18(27)14-19(17)26(8)16(2)12-20-21(25(20,6)7)22(26)23(15)28-29(9,10)24(3,4)5/h11,14-16,20-23H,12-13H2,1-10H3/t15-,16-,20-,21-,22-,23-,26-/m1/s1. The Kier molecular flexibility index (Phi) is 4.60. The van der Waals surface area contributed by atoms with Gasteiger partial charge in [0.2, 0.25) is 0 Å². The summed E-state index contributed by atoms with van der Waals surface area (Å²) in [5.74, 6) is 3.21. The zero-order chi connectivity index (χ0) is 21.7. The van der Waals surface area contributed by atoms with E-state index in [0.29, 0.717) is 41.3 Å². The highest BCUT2D eigenvalue weighted by Crippen LogP contribution is 2.75. The molecule has 2 fully saturated rings. The van der Waals surface area contributed by atoms with Crippen molar-refractivity contribution in [2.75, 3.05) is 0 Å². The van der Waals surface area contributed by atoms with Gasteiger partial charge in [0, 0.05) is 11.8 Å². The van der Waals surface area contributed by atoms with Gasteiger partial charge in [-0.05, 0) is 76.8 Å². The van der Waals surface area contributed by atoms with Crippen LogP contribution in [0.5, 0.6) is 0 Å². The number of hydrogen-bond donors (Lipinski definition) is 0. The maximum Gasteiger partial charge on any atom is 0.192 e. The summed E-state index contributed by atoms with van der Waals surface area (Å²) >= 11 is 0. The lowest BCUT2D eigenvalue weighted by atomic mass is 9.56. The molecule has 0 spiro atoms. The molecule has 4 aliphatic carbocycles. The zero-order valence-corrected chi connectivity index (χ0v) is 21.3. The van der Waals surface area contributed by atoms with Crippen LogP contribution in [0, 0.1) is 40.4 Å². The van der Waals surface area contributed by atoms with Crippen molar-refractivity contribution in [3.63, 3.8) is 0 Å². The van der Waals surface area contributed by atoms with Crippen molar-refractivity contribution in [1.82, 2.24) is 0 Å². The van der Waals surface area contributed by atoms with Crippen LogP contribution in [0.3, 0.4) is 0 Å². The Bertz CT molecular complexity index is 796. The van der Waals surface area contributed by atoms with E-state index in [0.717, 1.165) is 5.92 Å². The smallest absolute Gasteiger partial charge is 0.192 e. The molecule has 0 bridgehead atoms. The SMILES string of the molecule is C[C@@H]1C=C2CC(=O)C=C2[C@]2(C)[C@@H]([C@@H]1O[Si](C)(C)C(C)(C)C)[C@H]1[C@@H](C[C@H]2C)C1(C)C. The van der Waals surface area contributed by atoms with E-state index in [1.54, 1.807) is 0 Å². The van der Waals surface area contributed by atoms with Gasteiger partial charge in [0.05, 0.1) is 6.10 Å². The average molecular weight is 415 g/mol. The van der Waals surface area contributed by atoms with Crippen molar-refractivity contribution in [1.29, 1.82) is 0 Å². The van der Waals surface area contributed by atoms with Crippen LogP contribution in [-0.4, -0.2) is 20.2 Å². The summed E-state index contributed by atoms with van der Waals surface area (Å²) in [6, 6.07) is 0. The molecule has 0 aliphatic heterocycles. The van der Waals surface area contributed by atoms with Crippen LogP contribution in [0.4, 0.5) is 0 Å². The monoisotopic (exact) mass is 414 g/mol. The van der Waals surface area contributed by atoms with Gasteiger partial charge in [-0.25, -0.2) is 0 Å². The Morgan fingerprint density at radius 3 is 2.31 bits per heavy atom. The lowest BCUT2D eigenvalue weighted by molar-refractivity contribution is -0.113. The molecule has 0 N–H and O–H groups in total. The molecule has 2 nitrogen and oxygen atoms in total. The number of allylic oxidation sites excluding steroid dienone is 3. The van der Waals surface area contributed by atoms with Crippen molar-refractivity contribution in [2.45, 2.75) is 92.5 Å².